The van der Waals surface area contributed by atoms with Crippen LogP contribution in [0.1, 0.15) is 31.7 Å². The topological polar surface area (TPSA) is 12.0 Å². The van der Waals surface area contributed by atoms with E-state index < -0.39 is 0 Å². The van der Waals surface area contributed by atoms with Crippen LogP contribution in [0.4, 0.5) is 0 Å². The highest BCUT2D eigenvalue weighted by Crippen LogP contribution is 2.26. The molecule has 0 spiro atoms. The molecule has 1 N–H and O–H groups in total. The van der Waals surface area contributed by atoms with E-state index in [1.165, 1.54) is 19.3 Å². The summed E-state index contributed by atoms with van der Waals surface area (Å²) in [5, 5.41) is 4.80. The molecule has 0 aromatic heterocycles. The molecule has 1 saturated heterocycles. The Morgan fingerprint density at radius 1 is 1.29 bits per heavy atom. The second-order valence-electron chi connectivity index (χ2n) is 4.61. The van der Waals surface area contributed by atoms with Crippen LogP contribution in [0.25, 0.3) is 6.08 Å². The Kier molecular flexibility index (Phi) is 4.49. The lowest BCUT2D eigenvalue weighted by Gasteiger charge is -2.26. The van der Waals surface area contributed by atoms with Gasteiger partial charge in [0.2, 0.25) is 0 Å². The average Bonchev–Trinajstić information content (AvgIpc) is 2.31. The normalized spacial score (nSPS) is 25.4. The van der Waals surface area contributed by atoms with E-state index in [-0.39, 0.29) is 0 Å². The van der Waals surface area contributed by atoms with Gasteiger partial charge in [-0.25, -0.2) is 0 Å². The number of hydrogen-bond donors (Lipinski definition) is 1. The van der Waals surface area contributed by atoms with E-state index in [2.05, 4.69) is 24.4 Å². The lowest BCUT2D eigenvalue weighted by molar-refractivity contribution is 0.375. The highest BCUT2D eigenvalue weighted by atomic mass is 35.5. The average molecular weight is 270 g/mol. The van der Waals surface area contributed by atoms with Gasteiger partial charge in [0.15, 0.2) is 0 Å². The van der Waals surface area contributed by atoms with Gasteiger partial charge < -0.3 is 5.32 Å². The number of benzene rings is 1. The Labute approximate surface area is 113 Å². The first kappa shape index (κ1) is 12.9. The zero-order valence-corrected chi connectivity index (χ0v) is 11.4. The summed E-state index contributed by atoms with van der Waals surface area (Å²) in [7, 11) is 0. The molecule has 92 valence electrons. The Hall–Kier alpha value is -0.500. The third-order valence-corrected chi connectivity index (χ3v) is 3.97. The van der Waals surface area contributed by atoms with Crippen molar-refractivity contribution in [3.8, 4) is 0 Å². The molecule has 0 bridgehead atoms. The molecule has 1 aromatic carbocycles. The standard InChI is InChI=1S/C14H17Cl2N/c1-10-4-2-6-12(17-10)9-8-11-5-3-7-13(15)14(11)16/h3,5,7-10,12,17H,2,4,6H2,1H3/b9-8+. The SMILES string of the molecule is CC1CCCC(/C=C/c2cccc(Cl)c2Cl)N1. The van der Waals surface area contributed by atoms with Crippen LogP contribution in [0, 0.1) is 0 Å². The number of nitrogens with one attached hydrogen (secondary N) is 1. The van der Waals surface area contributed by atoms with Crippen LogP contribution >= 0.6 is 23.2 Å². The summed E-state index contributed by atoms with van der Waals surface area (Å²) in [6.07, 6.45) is 7.99. The van der Waals surface area contributed by atoms with E-state index in [4.69, 9.17) is 23.2 Å². The fraction of sp³-hybridized carbons (Fsp3) is 0.429. The van der Waals surface area contributed by atoms with E-state index >= 15 is 0 Å². The van der Waals surface area contributed by atoms with Crippen LogP contribution in [0.2, 0.25) is 10.0 Å². The summed E-state index contributed by atoms with van der Waals surface area (Å²) in [6.45, 7) is 2.23. The van der Waals surface area contributed by atoms with E-state index in [0.29, 0.717) is 22.1 Å². The van der Waals surface area contributed by atoms with Gasteiger partial charge in [-0.05, 0) is 31.4 Å². The lowest BCUT2D eigenvalue weighted by Crippen LogP contribution is -2.39. The molecule has 1 aromatic rings. The maximum absolute atomic E-state index is 6.14. The summed E-state index contributed by atoms with van der Waals surface area (Å²) >= 11 is 12.1. The Bertz CT molecular complexity index is 415. The quantitative estimate of drug-likeness (QED) is 0.832. The van der Waals surface area contributed by atoms with Gasteiger partial charge in [-0.3, -0.25) is 0 Å². The van der Waals surface area contributed by atoms with Crippen molar-refractivity contribution in [2.75, 3.05) is 0 Å². The van der Waals surface area contributed by atoms with Gasteiger partial charge in [-0.1, -0.05) is 53.9 Å². The van der Waals surface area contributed by atoms with Crippen molar-refractivity contribution in [3.05, 3.63) is 39.9 Å². The van der Waals surface area contributed by atoms with Gasteiger partial charge in [0.05, 0.1) is 10.0 Å². The van der Waals surface area contributed by atoms with Crippen LogP contribution < -0.4 is 5.32 Å². The van der Waals surface area contributed by atoms with E-state index in [1.807, 2.05) is 18.2 Å². The molecule has 2 atom stereocenters. The summed E-state index contributed by atoms with van der Waals surface area (Å²) in [5.41, 5.74) is 0.985. The summed E-state index contributed by atoms with van der Waals surface area (Å²) < 4.78 is 0. The van der Waals surface area contributed by atoms with Crippen LogP contribution in [0.15, 0.2) is 24.3 Å². The minimum Gasteiger partial charge on any atom is -0.308 e. The first-order chi connectivity index (χ1) is 8.16. The molecule has 1 heterocycles. The van der Waals surface area contributed by atoms with Crippen molar-refractivity contribution in [1.29, 1.82) is 0 Å². The number of piperidine rings is 1. The van der Waals surface area contributed by atoms with E-state index in [1.54, 1.807) is 0 Å². The van der Waals surface area contributed by atoms with Gasteiger partial charge >= 0.3 is 0 Å². The van der Waals surface area contributed by atoms with Gasteiger partial charge in [0, 0.05) is 12.1 Å². The maximum atomic E-state index is 6.14. The molecule has 1 nitrogen and oxygen atoms in total. The largest absolute Gasteiger partial charge is 0.308 e. The highest BCUT2D eigenvalue weighted by molar-refractivity contribution is 6.42. The fourth-order valence-electron chi connectivity index (χ4n) is 2.20. The Morgan fingerprint density at radius 3 is 2.88 bits per heavy atom. The molecule has 1 fully saturated rings. The molecule has 17 heavy (non-hydrogen) atoms. The predicted octanol–water partition coefficient (Wildman–Crippen LogP) is 4.54. The zero-order chi connectivity index (χ0) is 12.3. The minimum absolute atomic E-state index is 0.453. The number of hydrogen-bond acceptors (Lipinski definition) is 1. The van der Waals surface area contributed by atoms with Crippen molar-refractivity contribution in [1.82, 2.24) is 5.32 Å². The molecule has 0 aliphatic carbocycles. The van der Waals surface area contributed by atoms with Crippen molar-refractivity contribution in [2.24, 2.45) is 0 Å². The molecular weight excluding hydrogens is 253 g/mol. The first-order valence-electron chi connectivity index (χ1n) is 6.05. The lowest BCUT2D eigenvalue weighted by atomic mass is 9.99. The summed E-state index contributed by atoms with van der Waals surface area (Å²) in [6, 6.07) is 6.77. The molecule has 2 unspecified atom stereocenters. The van der Waals surface area contributed by atoms with Gasteiger partial charge in [-0.2, -0.15) is 0 Å². The molecule has 1 aliphatic rings. The van der Waals surface area contributed by atoms with E-state index in [0.717, 1.165) is 5.56 Å². The molecular formula is C14H17Cl2N. The van der Waals surface area contributed by atoms with E-state index in [9.17, 15) is 0 Å². The van der Waals surface area contributed by atoms with Gasteiger partial charge in [0.25, 0.3) is 0 Å². The van der Waals surface area contributed by atoms with Crippen molar-refractivity contribution in [3.63, 3.8) is 0 Å². The smallest absolute Gasteiger partial charge is 0.0664 e. The van der Waals surface area contributed by atoms with Crippen molar-refractivity contribution >= 4 is 29.3 Å². The molecule has 0 saturated carbocycles. The fourth-order valence-corrected chi connectivity index (χ4v) is 2.57. The van der Waals surface area contributed by atoms with Crippen LogP contribution in [0.3, 0.4) is 0 Å². The summed E-state index contributed by atoms with van der Waals surface area (Å²) in [5.74, 6) is 0. The Balaban J connectivity index is 2.07. The molecule has 3 heteroatoms. The van der Waals surface area contributed by atoms with Crippen molar-refractivity contribution < 1.29 is 0 Å². The Morgan fingerprint density at radius 2 is 2.12 bits per heavy atom. The highest BCUT2D eigenvalue weighted by Gasteiger charge is 2.14. The zero-order valence-electron chi connectivity index (χ0n) is 9.92. The monoisotopic (exact) mass is 269 g/mol. The molecule has 2 rings (SSSR count). The van der Waals surface area contributed by atoms with Gasteiger partial charge in [0.1, 0.15) is 0 Å². The second-order valence-corrected chi connectivity index (χ2v) is 5.39. The van der Waals surface area contributed by atoms with Gasteiger partial charge in [-0.15, -0.1) is 0 Å². The van der Waals surface area contributed by atoms with Crippen LogP contribution in [-0.4, -0.2) is 12.1 Å². The molecule has 1 aliphatic heterocycles. The minimum atomic E-state index is 0.453. The number of rotatable bonds is 2. The maximum Gasteiger partial charge on any atom is 0.0664 e. The third kappa shape index (κ3) is 3.48. The van der Waals surface area contributed by atoms with Crippen molar-refractivity contribution in [2.45, 2.75) is 38.3 Å². The third-order valence-electron chi connectivity index (χ3n) is 3.14. The second kappa shape index (κ2) is 5.90. The number of halogens is 2. The first-order valence-corrected chi connectivity index (χ1v) is 6.80. The summed E-state index contributed by atoms with van der Waals surface area (Å²) in [4.78, 5) is 0. The van der Waals surface area contributed by atoms with Crippen LogP contribution in [0.5, 0.6) is 0 Å². The predicted molar refractivity (Wildman–Crippen MR) is 75.7 cm³/mol. The van der Waals surface area contributed by atoms with Crippen LogP contribution in [-0.2, 0) is 0 Å². The molecule has 0 amide bonds. The molecule has 0 radical (unpaired) electrons.